The van der Waals surface area contributed by atoms with Gasteiger partial charge in [0.2, 0.25) is 0 Å². The molecule has 39 heavy (non-hydrogen) atoms. The molecule has 2 fully saturated rings. The lowest BCUT2D eigenvalue weighted by atomic mass is 9.98. The Kier molecular flexibility index (Phi) is 7.19. The fraction of sp³-hybridized carbons (Fsp3) is 0.538. The number of piperidine rings is 1. The molecule has 1 aliphatic heterocycles. The minimum Gasteiger partial charge on any atom is -0.444 e. The highest BCUT2D eigenvalue weighted by molar-refractivity contribution is 6.34. The third-order valence-electron chi connectivity index (χ3n) is 8.06. The largest absolute Gasteiger partial charge is 0.444 e. The first kappa shape index (κ1) is 26.1. The molecule has 1 saturated carbocycles. The number of likely N-dealkylation sites (tertiary alicyclic amines) is 1. The highest BCUT2D eigenvalue weighted by Gasteiger charge is 2.47. The van der Waals surface area contributed by atoms with Gasteiger partial charge in [-0.15, -0.1) is 0 Å². The number of nitrogens with two attached hydrogens (primary N) is 1. The van der Waals surface area contributed by atoms with Crippen molar-refractivity contribution in [2.24, 2.45) is 17.6 Å². The first-order valence-electron chi connectivity index (χ1n) is 13.3. The summed E-state index contributed by atoms with van der Waals surface area (Å²) in [5.74, 6) is 0.974. The first-order valence-corrected chi connectivity index (χ1v) is 13.7. The molecule has 0 radical (unpaired) electrons. The number of H-pyrrole nitrogens is 1. The van der Waals surface area contributed by atoms with Gasteiger partial charge in [0, 0.05) is 44.8 Å². The van der Waals surface area contributed by atoms with E-state index in [0.717, 1.165) is 37.9 Å². The van der Waals surface area contributed by atoms with E-state index in [2.05, 4.69) is 37.4 Å². The number of carbonyl (C=O) groups is 1. The van der Waals surface area contributed by atoms with Gasteiger partial charge in [0.05, 0.1) is 53.5 Å². The van der Waals surface area contributed by atoms with Crippen LogP contribution in [0.15, 0.2) is 30.7 Å². The van der Waals surface area contributed by atoms with Crippen LogP contribution in [-0.4, -0.2) is 92.4 Å². The number of methoxy groups -OCH3 is 1. The normalized spacial score (nSPS) is 25.9. The predicted octanol–water partition coefficient (Wildman–Crippen LogP) is 2.57. The number of aliphatic hydroxyl groups excluding tert-OH is 1. The van der Waals surface area contributed by atoms with Gasteiger partial charge in [0.25, 0.3) is 0 Å². The van der Waals surface area contributed by atoms with Crippen LogP contribution in [0, 0.1) is 11.8 Å². The van der Waals surface area contributed by atoms with E-state index < -0.39 is 12.2 Å². The van der Waals surface area contributed by atoms with Crippen LogP contribution in [0.2, 0.25) is 5.02 Å². The number of nitrogens with one attached hydrogen (secondary N) is 2. The predicted molar refractivity (Wildman–Crippen MR) is 145 cm³/mol. The van der Waals surface area contributed by atoms with Crippen molar-refractivity contribution in [2.45, 2.75) is 43.6 Å². The topological polar surface area (TPSA) is 156 Å². The average molecular weight is 557 g/mol. The second kappa shape index (κ2) is 10.8. The number of imidazole rings is 1. The Morgan fingerprint density at radius 2 is 2.10 bits per heavy atom. The molecule has 3 aliphatic rings. The summed E-state index contributed by atoms with van der Waals surface area (Å²) in [6.07, 6.45) is 10.8. The van der Waals surface area contributed by atoms with Crippen molar-refractivity contribution >= 4 is 34.5 Å². The lowest BCUT2D eigenvalue weighted by Crippen LogP contribution is -2.41. The Morgan fingerprint density at radius 1 is 1.31 bits per heavy atom. The fourth-order valence-electron chi connectivity index (χ4n) is 6.21. The zero-order valence-electron chi connectivity index (χ0n) is 21.7. The molecule has 5 atom stereocenters. The number of halogens is 1. The molecule has 0 unspecified atom stereocenters. The third kappa shape index (κ3) is 5.21. The van der Waals surface area contributed by atoms with Gasteiger partial charge >= 0.3 is 6.09 Å². The molecule has 0 spiro atoms. The van der Waals surface area contributed by atoms with Crippen LogP contribution in [0.3, 0.4) is 0 Å². The number of rotatable bonds is 9. The number of primary amides is 1. The summed E-state index contributed by atoms with van der Waals surface area (Å²) in [5, 5.41) is 18.6. The summed E-state index contributed by atoms with van der Waals surface area (Å²) in [6.45, 7) is 2.74. The van der Waals surface area contributed by atoms with E-state index in [0.29, 0.717) is 40.8 Å². The van der Waals surface area contributed by atoms with E-state index in [1.165, 1.54) is 0 Å². The molecule has 13 heteroatoms. The maximum Gasteiger partial charge on any atom is 0.404 e. The molecule has 3 aromatic heterocycles. The van der Waals surface area contributed by atoms with Gasteiger partial charge in [-0.05, 0) is 19.3 Å². The fourth-order valence-corrected chi connectivity index (χ4v) is 6.41. The van der Waals surface area contributed by atoms with Crippen molar-refractivity contribution in [1.29, 1.82) is 0 Å². The molecule has 2 aliphatic carbocycles. The van der Waals surface area contributed by atoms with Crippen LogP contribution in [0.4, 0.5) is 10.5 Å². The van der Waals surface area contributed by atoms with Crippen LogP contribution in [-0.2, 0) is 9.47 Å². The summed E-state index contributed by atoms with van der Waals surface area (Å²) < 4.78 is 12.5. The number of hydrogen-bond acceptors (Lipinski definition) is 9. The Labute approximate surface area is 230 Å². The van der Waals surface area contributed by atoms with E-state index >= 15 is 0 Å². The highest BCUT2D eigenvalue weighted by atomic mass is 35.5. The number of anilines is 1. The number of nitrogens with zero attached hydrogens (tertiary/aromatic N) is 5. The molecule has 208 valence electrons. The molecule has 3 aromatic rings. The molecule has 2 bridgehead atoms. The quantitative estimate of drug-likeness (QED) is 0.291. The van der Waals surface area contributed by atoms with Crippen molar-refractivity contribution in [2.75, 3.05) is 38.7 Å². The maximum atomic E-state index is 11.5. The molecule has 4 heterocycles. The summed E-state index contributed by atoms with van der Waals surface area (Å²) in [5.41, 5.74) is 8.07. The minimum absolute atomic E-state index is 0.126. The second-order valence-electron chi connectivity index (χ2n) is 10.6. The number of aliphatic hydroxyl groups is 1. The van der Waals surface area contributed by atoms with Crippen molar-refractivity contribution in [3.05, 3.63) is 35.8 Å². The van der Waals surface area contributed by atoms with Gasteiger partial charge in [-0.25, -0.2) is 14.8 Å². The number of β-amino-alcohol motifs (C(OH)–C–C–N with tert-alkyl or cyclic N) is 1. The van der Waals surface area contributed by atoms with Crippen LogP contribution in [0.5, 0.6) is 0 Å². The smallest absolute Gasteiger partial charge is 0.404 e. The average Bonchev–Trinajstić information content (AvgIpc) is 3.70. The van der Waals surface area contributed by atoms with E-state index in [-0.39, 0.29) is 30.0 Å². The third-order valence-corrected chi connectivity index (χ3v) is 8.34. The lowest BCUT2D eigenvalue weighted by molar-refractivity contribution is 0.0293. The Morgan fingerprint density at radius 3 is 2.87 bits per heavy atom. The SMILES string of the molecule is COC[C@H](O)CN1CCC(n2cc(-c3nc4ncc(Cl)c(N[C@H]5[C@@H](OC(N)=O)[C@@H]6C=C[C@H]5C6)c4[nH]3)cn2)CC1. The number of fused-ring (bicyclic) bond motifs is 3. The zero-order chi connectivity index (χ0) is 27.1. The number of aromatic amines is 1. The number of ether oxygens (including phenoxy) is 2. The van der Waals surface area contributed by atoms with Gasteiger partial charge in [-0.2, -0.15) is 5.10 Å². The molecular weight excluding hydrogens is 524 g/mol. The van der Waals surface area contributed by atoms with Crippen LogP contribution in [0.25, 0.3) is 22.6 Å². The van der Waals surface area contributed by atoms with E-state index in [1.54, 1.807) is 19.5 Å². The molecular formula is C26H33ClN8O4. The van der Waals surface area contributed by atoms with Crippen molar-refractivity contribution in [3.8, 4) is 11.4 Å². The van der Waals surface area contributed by atoms with Gasteiger partial charge in [0.15, 0.2) is 5.65 Å². The number of aromatic nitrogens is 5. The van der Waals surface area contributed by atoms with Crippen molar-refractivity contribution < 1.29 is 19.4 Å². The molecule has 12 nitrogen and oxygen atoms in total. The zero-order valence-corrected chi connectivity index (χ0v) is 22.4. The number of pyridine rings is 1. The maximum absolute atomic E-state index is 11.5. The van der Waals surface area contributed by atoms with Crippen LogP contribution >= 0.6 is 11.6 Å². The van der Waals surface area contributed by atoms with Crippen molar-refractivity contribution in [1.82, 2.24) is 29.6 Å². The molecule has 1 saturated heterocycles. The number of hydrogen-bond donors (Lipinski definition) is 4. The molecule has 5 N–H and O–H groups in total. The standard InChI is InChI=1S/C26H33ClN8O4/c1-38-13-18(36)12-34-6-4-17(5-7-34)35-11-16(9-30-35)24-32-22-21(19(27)10-29-25(22)33-24)31-20-14-2-3-15(8-14)23(20)39-26(28)37/h2-3,9-11,14-15,17-18,20,23,36H,4-8,12-13H2,1H3,(H2,28,37)(H2,29,31,32,33)/t14-,15+,18+,20+,23-/m0/s1. The summed E-state index contributed by atoms with van der Waals surface area (Å²) in [4.78, 5) is 26.3. The van der Waals surface area contributed by atoms with Crippen LogP contribution in [0.1, 0.15) is 25.3 Å². The minimum atomic E-state index is -0.783. The highest BCUT2D eigenvalue weighted by Crippen LogP contribution is 2.44. The van der Waals surface area contributed by atoms with Crippen LogP contribution < -0.4 is 11.1 Å². The van der Waals surface area contributed by atoms with Gasteiger partial charge < -0.3 is 35.5 Å². The number of amides is 1. The summed E-state index contributed by atoms with van der Waals surface area (Å²) in [7, 11) is 1.60. The molecule has 0 aromatic carbocycles. The van der Waals surface area contributed by atoms with Gasteiger partial charge in [-0.1, -0.05) is 23.8 Å². The first-order chi connectivity index (χ1) is 18.9. The van der Waals surface area contributed by atoms with E-state index in [9.17, 15) is 9.90 Å². The van der Waals surface area contributed by atoms with E-state index in [4.69, 9.17) is 31.8 Å². The van der Waals surface area contributed by atoms with Gasteiger partial charge in [0.1, 0.15) is 17.4 Å². The molecule has 6 rings (SSSR count). The molecule has 1 amide bonds. The summed E-state index contributed by atoms with van der Waals surface area (Å²) in [6, 6.07) is 0.114. The Balaban J connectivity index is 1.18. The second-order valence-corrected chi connectivity index (χ2v) is 11.0. The monoisotopic (exact) mass is 556 g/mol. The van der Waals surface area contributed by atoms with Gasteiger partial charge in [-0.3, -0.25) is 4.68 Å². The van der Waals surface area contributed by atoms with E-state index in [1.807, 2.05) is 10.9 Å². The number of carbonyl (C=O) groups excluding carboxylic acids is 1. The Bertz CT molecular complexity index is 1370. The Hall–Kier alpha value is -3.19. The van der Waals surface area contributed by atoms with Crippen molar-refractivity contribution in [3.63, 3.8) is 0 Å². The lowest BCUT2D eigenvalue weighted by Gasteiger charge is -2.33. The summed E-state index contributed by atoms with van der Waals surface area (Å²) >= 11 is 6.59.